The van der Waals surface area contributed by atoms with E-state index >= 15 is 0 Å². The van der Waals surface area contributed by atoms with Gasteiger partial charge in [0.15, 0.2) is 11.5 Å². The first kappa shape index (κ1) is 12.5. The Kier molecular flexibility index (Phi) is 3.24. The van der Waals surface area contributed by atoms with E-state index in [9.17, 15) is 0 Å². The summed E-state index contributed by atoms with van der Waals surface area (Å²) in [4.78, 5) is 16.0. The van der Waals surface area contributed by atoms with Crippen molar-refractivity contribution < 1.29 is 4.42 Å². The van der Waals surface area contributed by atoms with Gasteiger partial charge in [0.05, 0.1) is 12.9 Å². The smallest absolute Gasteiger partial charge is 0.226 e. The fourth-order valence-electron chi connectivity index (χ4n) is 1.95. The zero-order chi connectivity index (χ0) is 13.9. The number of hydrogen-bond donors (Lipinski definition) is 3. The quantitative estimate of drug-likeness (QED) is 0.660. The third-order valence-electron chi connectivity index (χ3n) is 2.85. The van der Waals surface area contributed by atoms with Crippen LogP contribution >= 0.6 is 0 Å². The van der Waals surface area contributed by atoms with E-state index < -0.39 is 0 Å². The van der Waals surface area contributed by atoms with E-state index in [2.05, 4.69) is 30.6 Å². The number of nitrogens with one attached hydrogen (secondary N) is 3. The van der Waals surface area contributed by atoms with Crippen molar-refractivity contribution in [1.82, 2.24) is 19.9 Å². The first-order valence-electron chi connectivity index (χ1n) is 6.50. The molecule has 0 saturated carbocycles. The van der Waals surface area contributed by atoms with E-state index in [-0.39, 0.29) is 0 Å². The highest BCUT2D eigenvalue weighted by atomic mass is 16.3. The molecule has 7 heteroatoms. The minimum atomic E-state index is 0.560. The molecule has 0 bridgehead atoms. The van der Waals surface area contributed by atoms with E-state index in [1.54, 1.807) is 6.33 Å². The average Bonchev–Trinajstić information content (AvgIpc) is 3.05. The normalized spacial score (nSPS) is 10.9. The molecule has 0 aromatic carbocycles. The fourth-order valence-corrected chi connectivity index (χ4v) is 1.95. The Morgan fingerprint density at radius 2 is 2.15 bits per heavy atom. The molecule has 0 fully saturated rings. The first-order chi connectivity index (χ1) is 9.76. The van der Waals surface area contributed by atoms with Gasteiger partial charge < -0.3 is 20.0 Å². The van der Waals surface area contributed by atoms with Crippen LogP contribution < -0.4 is 10.6 Å². The number of H-pyrrole nitrogens is 1. The summed E-state index contributed by atoms with van der Waals surface area (Å²) in [6.07, 6.45) is 1.61. The highest BCUT2D eigenvalue weighted by Crippen LogP contribution is 2.19. The predicted octanol–water partition coefficient (Wildman–Crippen LogP) is 2.30. The standard InChI is InChI=1S/C13H16N6O/c1-3-14-13-18-11(10-12(19-13)17-7-16-10)15-6-9-5-4-8(2)20-9/h4-5,7H,3,6H2,1-2H3,(H3,14,15,16,17,18,19). The van der Waals surface area contributed by atoms with Gasteiger partial charge in [-0.05, 0) is 26.0 Å². The molecule has 0 spiro atoms. The van der Waals surface area contributed by atoms with Crippen LogP contribution in [0.3, 0.4) is 0 Å². The van der Waals surface area contributed by atoms with E-state index in [4.69, 9.17) is 4.42 Å². The van der Waals surface area contributed by atoms with Crippen molar-refractivity contribution in [2.75, 3.05) is 17.2 Å². The number of aryl methyl sites for hydroxylation is 1. The summed E-state index contributed by atoms with van der Waals surface area (Å²) in [7, 11) is 0. The van der Waals surface area contributed by atoms with Crippen LogP contribution in [0.15, 0.2) is 22.9 Å². The fraction of sp³-hybridized carbons (Fsp3) is 0.308. The molecule has 0 atom stereocenters. The summed E-state index contributed by atoms with van der Waals surface area (Å²) in [6, 6.07) is 3.88. The number of nitrogens with zero attached hydrogens (tertiary/aromatic N) is 3. The van der Waals surface area contributed by atoms with Crippen LogP contribution in [0.4, 0.5) is 11.8 Å². The Balaban J connectivity index is 1.87. The molecule has 3 aromatic rings. The number of fused-ring (bicyclic) bond motifs is 1. The molecule has 0 aliphatic rings. The SMILES string of the molecule is CCNc1nc(NCc2ccc(C)o2)c2[nH]cnc2n1. The molecule has 3 rings (SSSR count). The summed E-state index contributed by atoms with van der Waals surface area (Å²) in [5.41, 5.74) is 1.42. The molecule has 0 aliphatic carbocycles. The van der Waals surface area contributed by atoms with Gasteiger partial charge in [-0.15, -0.1) is 0 Å². The number of furan rings is 1. The monoisotopic (exact) mass is 272 g/mol. The van der Waals surface area contributed by atoms with Crippen molar-refractivity contribution in [1.29, 1.82) is 0 Å². The Hall–Kier alpha value is -2.57. The molecule has 20 heavy (non-hydrogen) atoms. The molecule has 3 heterocycles. The molecule has 104 valence electrons. The first-order valence-corrected chi connectivity index (χ1v) is 6.50. The second-order valence-corrected chi connectivity index (χ2v) is 4.39. The topological polar surface area (TPSA) is 91.7 Å². The van der Waals surface area contributed by atoms with Gasteiger partial charge in [-0.1, -0.05) is 0 Å². The summed E-state index contributed by atoms with van der Waals surface area (Å²) in [6.45, 7) is 5.23. The van der Waals surface area contributed by atoms with Gasteiger partial charge in [0.2, 0.25) is 5.95 Å². The number of aromatic amines is 1. The Morgan fingerprint density at radius 1 is 1.25 bits per heavy atom. The molecule has 3 aromatic heterocycles. The van der Waals surface area contributed by atoms with Crippen molar-refractivity contribution in [3.63, 3.8) is 0 Å². The van der Waals surface area contributed by atoms with E-state index in [1.807, 2.05) is 26.0 Å². The number of aromatic nitrogens is 4. The van der Waals surface area contributed by atoms with Gasteiger partial charge >= 0.3 is 0 Å². The van der Waals surface area contributed by atoms with Crippen LogP contribution in [0.2, 0.25) is 0 Å². The molecular formula is C13H16N6O. The van der Waals surface area contributed by atoms with E-state index in [0.717, 1.165) is 23.6 Å². The van der Waals surface area contributed by atoms with E-state index in [0.29, 0.717) is 24.0 Å². The van der Waals surface area contributed by atoms with Crippen molar-refractivity contribution in [2.45, 2.75) is 20.4 Å². The summed E-state index contributed by atoms with van der Waals surface area (Å²) < 4.78 is 5.53. The van der Waals surface area contributed by atoms with Gasteiger partial charge in [0.1, 0.15) is 17.0 Å². The highest BCUT2D eigenvalue weighted by Gasteiger charge is 2.10. The minimum absolute atomic E-state index is 0.560. The zero-order valence-electron chi connectivity index (χ0n) is 11.4. The maximum Gasteiger partial charge on any atom is 0.226 e. The number of rotatable bonds is 5. The van der Waals surface area contributed by atoms with Crippen LogP contribution in [-0.2, 0) is 6.54 Å². The lowest BCUT2D eigenvalue weighted by Gasteiger charge is -2.07. The highest BCUT2D eigenvalue weighted by molar-refractivity contribution is 5.83. The van der Waals surface area contributed by atoms with Gasteiger partial charge in [0.25, 0.3) is 0 Å². The third-order valence-corrected chi connectivity index (χ3v) is 2.85. The number of anilines is 2. The lowest BCUT2D eigenvalue weighted by molar-refractivity contribution is 0.490. The van der Waals surface area contributed by atoms with Crippen LogP contribution in [0, 0.1) is 6.92 Å². The van der Waals surface area contributed by atoms with E-state index in [1.165, 1.54) is 0 Å². The van der Waals surface area contributed by atoms with Gasteiger partial charge in [0, 0.05) is 6.54 Å². The molecule has 7 nitrogen and oxygen atoms in total. The number of imidazole rings is 1. The molecule has 0 amide bonds. The lowest BCUT2D eigenvalue weighted by atomic mass is 10.4. The second kappa shape index (κ2) is 5.20. The Bertz CT molecular complexity index is 717. The largest absolute Gasteiger partial charge is 0.465 e. The second-order valence-electron chi connectivity index (χ2n) is 4.39. The molecule has 0 radical (unpaired) electrons. The third kappa shape index (κ3) is 2.42. The van der Waals surface area contributed by atoms with Gasteiger partial charge in [-0.25, -0.2) is 4.98 Å². The van der Waals surface area contributed by atoms with Crippen LogP contribution in [-0.4, -0.2) is 26.5 Å². The molecule has 0 saturated heterocycles. The molecule has 0 aliphatic heterocycles. The lowest BCUT2D eigenvalue weighted by Crippen LogP contribution is -2.07. The molecule has 0 unspecified atom stereocenters. The van der Waals surface area contributed by atoms with Crippen LogP contribution in [0.25, 0.3) is 11.2 Å². The van der Waals surface area contributed by atoms with Crippen LogP contribution in [0.5, 0.6) is 0 Å². The van der Waals surface area contributed by atoms with Crippen molar-refractivity contribution in [3.8, 4) is 0 Å². The van der Waals surface area contributed by atoms with Crippen LogP contribution in [0.1, 0.15) is 18.4 Å². The van der Waals surface area contributed by atoms with Gasteiger partial charge in [-0.3, -0.25) is 0 Å². The average molecular weight is 272 g/mol. The zero-order valence-corrected chi connectivity index (χ0v) is 11.4. The maximum absolute atomic E-state index is 5.53. The molecular weight excluding hydrogens is 256 g/mol. The van der Waals surface area contributed by atoms with Crippen molar-refractivity contribution >= 4 is 22.9 Å². The molecule has 3 N–H and O–H groups in total. The Labute approximate surface area is 115 Å². The predicted molar refractivity (Wildman–Crippen MR) is 76.6 cm³/mol. The van der Waals surface area contributed by atoms with Crippen molar-refractivity contribution in [3.05, 3.63) is 30.0 Å². The summed E-state index contributed by atoms with van der Waals surface area (Å²) >= 11 is 0. The van der Waals surface area contributed by atoms with Crippen molar-refractivity contribution in [2.24, 2.45) is 0 Å². The summed E-state index contributed by atoms with van der Waals surface area (Å²) in [5, 5.41) is 6.34. The summed E-state index contributed by atoms with van der Waals surface area (Å²) in [5.74, 6) is 3.02. The number of hydrogen-bond acceptors (Lipinski definition) is 6. The Morgan fingerprint density at radius 3 is 2.90 bits per heavy atom. The minimum Gasteiger partial charge on any atom is -0.465 e. The van der Waals surface area contributed by atoms with Gasteiger partial charge in [-0.2, -0.15) is 9.97 Å². The maximum atomic E-state index is 5.53.